The van der Waals surface area contributed by atoms with Crippen LogP contribution in [0.5, 0.6) is 5.75 Å². The molecule has 0 amide bonds. The molecule has 172 valence electrons. The summed E-state index contributed by atoms with van der Waals surface area (Å²) in [5, 5.41) is 14.7. The number of hydrogen-bond acceptors (Lipinski definition) is 2. The molecule has 0 aliphatic heterocycles. The molecule has 0 bridgehead atoms. The molecule has 0 N–H and O–H groups in total. The Labute approximate surface area is 201 Å². The zero-order valence-corrected chi connectivity index (χ0v) is 20.6. The van der Waals surface area contributed by atoms with Crippen molar-refractivity contribution >= 4 is 30.6 Å². The summed E-state index contributed by atoms with van der Waals surface area (Å²) in [7, 11) is -2.72. The summed E-state index contributed by atoms with van der Waals surface area (Å²) in [6.07, 6.45) is 1.47. The molecule has 0 radical (unpaired) electrons. The van der Waals surface area contributed by atoms with Crippen LogP contribution in [0.2, 0.25) is 5.04 Å². The fraction of sp³-hybridized carbons (Fsp3) is 0.138. The quantitative estimate of drug-likeness (QED) is 0.114. The SMILES string of the molecule is CC(C)(C)[Si](Oc1ccc(C=[N+]([O-])c2ccc(F)cc2)cc1)(c1ccccc1)c1ccccc1. The van der Waals surface area contributed by atoms with Gasteiger partial charge in [0.25, 0.3) is 0 Å². The molecule has 0 aromatic heterocycles. The Bertz CT molecular complexity index is 1210. The van der Waals surface area contributed by atoms with E-state index in [1.165, 1.54) is 40.9 Å². The normalized spacial score (nSPS) is 12.4. The predicted molar refractivity (Wildman–Crippen MR) is 140 cm³/mol. The minimum atomic E-state index is -2.72. The van der Waals surface area contributed by atoms with E-state index < -0.39 is 8.32 Å². The molecule has 0 saturated carbocycles. The van der Waals surface area contributed by atoms with Crippen molar-refractivity contribution in [3.63, 3.8) is 0 Å². The molecular weight excluding hydrogens is 441 g/mol. The fourth-order valence-electron chi connectivity index (χ4n) is 4.25. The fourth-order valence-corrected chi connectivity index (χ4v) is 8.67. The maximum atomic E-state index is 13.1. The predicted octanol–water partition coefficient (Wildman–Crippen LogP) is 6.03. The largest absolute Gasteiger partial charge is 0.618 e. The van der Waals surface area contributed by atoms with E-state index in [-0.39, 0.29) is 10.9 Å². The lowest BCUT2D eigenvalue weighted by Gasteiger charge is -2.43. The highest BCUT2D eigenvalue weighted by molar-refractivity contribution is 7.00. The highest BCUT2D eigenvalue weighted by Crippen LogP contribution is 2.37. The first-order chi connectivity index (χ1) is 16.3. The molecule has 0 aliphatic rings. The average Bonchev–Trinajstić information content (AvgIpc) is 2.84. The van der Waals surface area contributed by atoms with Crippen molar-refractivity contribution in [1.82, 2.24) is 0 Å². The standard InChI is InChI=1S/C29H28FNO2Si/c1-29(2,3)34(27-10-6-4-7-11-27,28-12-8-5-9-13-28)33-26-20-14-23(15-21-26)22-31(32)25-18-16-24(30)17-19-25/h4-22H,1-3H3. The van der Waals surface area contributed by atoms with Gasteiger partial charge in [-0.3, -0.25) is 0 Å². The number of hydrogen-bond donors (Lipinski definition) is 0. The lowest BCUT2D eigenvalue weighted by molar-refractivity contribution is -0.354. The van der Waals surface area contributed by atoms with Crippen LogP contribution in [0.3, 0.4) is 0 Å². The monoisotopic (exact) mass is 469 g/mol. The van der Waals surface area contributed by atoms with Crippen molar-refractivity contribution in [1.29, 1.82) is 0 Å². The van der Waals surface area contributed by atoms with E-state index in [0.717, 1.165) is 16.1 Å². The number of benzene rings is 4. The first kappa shape index (κ1) is 23.5. The molecule has 5 heteroatoms. The second-order valence-electron chi connectivity index (χ2n) is 9.27. The molecule has 0 heterocycles. The molecule has 0 fully saturated rings. The van der Waals surface area contributed by atoms with Crippen molar-refractivity contribution < 1.29 is 13.6 Å². The Morgan fingerprint density at radius 1 is 0.735 bits per heavy atom. The van der Waals surface area contributed by atoms with E-state index in [1.807, 2.05) is 36.4 Å². The highest BCUT2D eigenvalue weighted by atomic mass is 28.4. The Kier molecular flexibility index (Phi) is 6.66. The zero-order valence-electron chi connectivity index (χ0n) is 19.6. The van der Waals surface area contributed by atoms with Crippen molar-refractivity contribution in [2.24, 2.45) is 0 Å². The van der Waals surface area contributed by atoms with Gasteiger partial charge in [-0.2, -0.15) is 4.74 Å². The van der Waals surface area contributed by atoms with Crippen LogP contribution < -0.4 is 14.8 Å². The summed E-state index contributed by atoms with van der Waals surface area (Å²) in [5.74, 6) is 0.382. The Hall–Kier alpha value is -3.70. The summed E-state index contributed by atoms with van der Waals surface area (Å²) < 4.78 is 20.9. The number of halogens is 1. The van der Waals surface area contributed by atoms with E-state index in [2.05, 4.69) is 69.3 Å². The van der Waals surface area contributed by atoms with Gasteiger partial charge in [0.1, 0.15) is 11.6 Å². The summed E-state index contributed by atoms with van der Waals surface area (Å²) in [5.41, 5.74) is 1.10. The van der Waals surface area contributed by atoms with E-state index in [1.54, 1.807) is 0 Å². The summed E-state index contributed by atoms with van der Waals surface area (Å²) in [4.78, 5) is 0. The van der Waals surface area contributed by atoms with Gasteiger partial charge in [-0.1, -0.05) is 81.4 Å². The van der Waals surface area contributed by atoms with Gasteiger partial charge in [0.15, 0.2) is 6.21 Å². The third kappa shape index (κ3) is 4.80. The van der Waals surface area contributed by atoms with Gasteiger partial charge in [-0.25, -0.2) is 4.39 Å². The summed E-state index contributed by atoms with van der Waals surface area (Å²) >= 11 is 0. The Morgan fingerprint density at radius 2 is 1.24 bits per heavy atom. The smallest absolute Gasteiger partial charge is 0.319 e. The molecule has 0 aliphatic carbocycles. The molecule has 34 heavy (non-hydrogen) atoms. The summed E-state index contributed by atoms with van der Waals surface area (Å²) in [6.45, 7) is 6.71. The number of nitrogens with zero attached hydrogens (tertiary/aromatic N) is 1. The van der Waals surface area contributed by atoms with Crippen molar-refractivity contribution in [3.05, 3.63) is 126 Å². The molecule has 4 rings (SSSR count). The Morgan fingerprint density at radius 3 is 1.71 bits per heavy atom. The molecule has 3 nitrogen and oxygen atoms in total. The van der Waals surface area contributed by atoms with E-state index in [4.69, 9.17) is 4.43 Å². The van der Waals surface area contributed by atoms with Crippen molar-refractivity contribution in [2.45, 2.75) is 25.8 Å². The van der Waals surface area contributed by atoms with Crippen LogP contribution in [-0.4, -0.2) is 19.3 Å². The molecule has 0 unspecified atom stereocenters. The van der Waals surface area contributed by atoms with Crippen LogP contribution in [0.1, 0.15) is 26.3 Å². The first-order valence-electron chi connectivity index (χ1n) is 11.3. The van der Waals surface area contributed by atoms with E-state index >= 15 is 0 Å². The topological polar surface area (TPSA) is 35.3 Å². The minimum Gasteiger partial charge on any atom is -0.618 e. The van der Waals surface area contributed by atoms with Gasteiger partial charge in [-0.05, 0) is 51.8 Å². The highest BCUT2D eigenvalue weighted by Gasteiger charge is 2.52. The van der Waals surface area contributed by atoms with Crippen LogP contribution in [0.25, 0.3) is 0 Å². The molecular formula is C29H28FNO2Si. The molecule has 4 aromatic carbocycles. The van der Waals surface area contributed by atoms with Gasteiger partial charge in [0.2, 0.25) is 5.69 Å². The first-order valence-corrected chi connectivity index (χ1v) is 13.2. The minimum absolute atomic E-state index is 0.144. The maximum absolute atomic E-state index is 13.1. The van der Waals surface area contributed by atoms with Gasteiger partial charge >= 0.3 is 8.32 Å². The van der Waals surface area contributed by atoms with Gasteiger partial charge in [0, 0.05) is 17.7 Å². The lowest BCUT2D eigenvalue weighted by atomic mass is 10.2. The maximum Gasteiger partial charge on any atom is 0.319 e. The second-order valence-corrected chi connectivity index (χ2v) is 13.5. The van der Waals surface area contributed by atoms with E-state index in [9.17, 15) is 9.60 Å². The van der Waals surface area contributed by atoms with Crippen LogP contribution in [0.4, 0.5) is 10.1 Å². The third-order valence-electron chi connectivity index (χ3n) is 5.92. The van der Waals surface area contributed by atoms with Crippen LogP contribution in [0, 0.1) is 11.0 Å². The average molecular weight is 470 g/mol. The third-order valence-corrected chi connectivity index (χ3v) is 10.9. The van der Waals surface area contributed by atoms with Crippen molar-refractivity contribution in [3.8, 4) is 5.75 Å². The Balaban J connectivity index is 1.71. The van der Waals surface area contributed by atoms with Crippen LogP contribution in [-0.2, 0) is 0 Å². The van der Waals surface area contributed by atoms with Gasteiger partial charge < -0.3 is 9.63 Å². The van der Waals surface area contributed by atoms with Gasteiger partial charge in [-0.15, -0.1) is 0 Å². The van der Waals surface area contributed by atoms with Crippen LogP contribution in [0.15, 0.2) is 109 Å². The zero-order chi connectivity index (χ0) is 24.2. The van der Waals surface area contributed by atoms with E-state index in [0.29, 0.717) is 5.69 Å². The van der Waals surface area contributed by atoms with Gasteiger partial charge in [0.05, 0.1) is 0 Å². The summed E-state index contributed by atoms with van der Waals surface area (Å²) in [6, 6.07) is 33.9. The molecule has 0 saturated heterocycles. The lowest BCUT2D eigenvalue weighted by Crippen LogP contribution is -2.68. The molecule has 0 spiro atoms. The number of rotatable bonds is 6. The molecule has 4 aromatic rings. The second kappa shape index (κ2) is 9.65. The molecule has 0 atom stereocenters. The van der Waals surface area contributed by atoms with Crippen LogP contribution >= 0.6 is 0 Å². The van der Waals surface area contributed by atoms with Crippen molar-refractivity contribution in [2.75, 3.05) is 0 Å².